The molecule has 0 spiro atoms. The fourth-order valence-electron chi connectivity index (χ4n) is 3.95. The van der Waals surface area contributed by atoms with Crippen molar-refractivity contribution in [3.05, 3.63) is 66.2 Å². The van der Waals surface area contributed by atoms with Gasteiger partial charge in [0.15, 0.2) is 0 Å². The molecule has 3 heterocycles. The average Bonchev–Trinajstić information content (AvgIpc) is 3.14. The number of hydrogen-bond donors (Lipinski definition) is 1. The van der Waals surface area contributed by atoms with E-state index < -0.39 is 0 Å². The van der Waals surface area contributed by atoms with E-state index in [4.69, 9.17) is 0 Å². The molecule has 1 N–H and O–H groups in total. The number of nitrogens with one attached hydrogen (secondary N) is 1. The lowest BCUT2D eigenvalue weighted by Gasteiger charge is -2.31. The van der Waals surface area contributed by atoms with Crippen LogP contribution in [-0.4, -0.2) is 34.5 Å². The van der Waals surface area contributed by atoms with Gasteiger partial charge >= 0.3 is 0 Å². The number of hydrogen-bond acceptors (Lipinski definition) is 2. The highest BCUT2D eigenvalue weighted by Crippen LogP contribution is 2.40. The predicted molar refractivity (Wildman–Crippen MR) is 104 cm³/mol. The lowest BCUT2D eigenvalue weighted by atomic mass is 9.86. The second-order valence-electron chi connectivity index (χ2n) is 6.92. The van der Waals surface area contributed by atoms with E-state index >= 15 is 0 Å². The molecular formula is C22H24FN3. The summed E-state index contributed by atoms with van der Waals surface area (Å²) in [6.07, 6.45) is 6.29. The van der Waals surface area contributed by atoms with E-state index in [1.54, 1.807) is 0 Å². The summed E-state index contributed by atoms with van der Waals surface area (Å²) in [5, 5.41) is 0. The summed E-state index contributed by atoms with van der Waals surface area (Å²) in [7, 11) is 0. The number of likely N-dealkylation sites (tertiary alicyclic amines) is 1. The van der Waals surface area contributed by atoms with Gasteiger partial charge in [-0.1, -0.05) is 13.0 Å². The van der Waals surface area contributed by atoms with Crippen LogP contribution in [0.25, 0.3) is 22.5 Å². The Kier molecular flexibility index (Phi) is 4.85. The maximum absolute atomic E-state index is 13.4. The standard InChI is InChI=1S/C22H24FN3/c1-2-26-13-10-16(11-14-26)19-15-25-22(17-6-8-18(23)9-7-17)21(19)20-5-3-4-12-24-20/h3-9,12,15-16,25H,2,10-11,13-14H2,1H3. The minimum atomic E-state index is -0.216. The lowest BCUT2D eigenvalue weighted by Crippen LogP contribution is -2.32. The first-order valence-electron chi connectivity index (χ1n) is 9.37. The zero-order chi connectivity index (χ0) is 17.9. The van der Waals surface area contributed by atoms with Crippen molar-refractivity contribution >= 4 is 0 Å². The molecule has 3 nitrogen and oxygen atoms in total. The molecule has 0 atom stereocenters. The zero-order valence-electron chi connectivity index (χ0n) is 15.1. The molecule has 0 saturated carbocycles. The van der Waals surface area contributed by atoms with Crippen molar-refractivity contribution in [2.24, 2.45) is 0 Å². The van der Waals surface area contributed by atoms with Gasteiger partial charge < -0.3 is 9.88 Å². The van der Waals surface area contributed by atoms with Crippen LogP contribution in [0.5, 0.6) is 0 Å². The molecule has 134 valence electrons. The van der Waals surface area contributed by atoms with Crippen molar-refractivity contribution in [1.82, 2.24) is 14.9 Å². The van der Waals surface area contributed by atoms with E-state index in [-0.39, 0.29) is 5.82 Å². The molecule has 0 amide bonds. The number of H-pyrrole nitrogens is 1. The Morgan fingerprint density at radius 3 is 2.54 bits per heavy atom. The third kappa shape index (κ3) is 3.29. The highest BCUT2D eigenvalue weighted by Gasteiger charge is 2.25. The first kappa shape index (κ1) is 17.0. The van der Waals surface area contributed by atoms with Gasteiger partial charge in [0.2, 0.25) is 0 Å². The fourth-order valence-corrected chi connectivity index (χ4v) is 3.95. The van der Waals surface area contributed by atoms with E-state index in [1.165, 1.54) is 17.7 Å². The Bertz CT molecular complexity index is 847. The van der Waals surface area contributed by atoms with Crippen molar-refractivity contribution in [1.29, 1.82) is 0 Å². The fraction of sp³-hybridized carbons (Fsp3) is 0.318. The van der Waals surface area contributed by atoms with Crippen LogP contribution in [-0.2, 0) is 0 Å². The van der Waals surface area contributed by atoms with E-state index in [0.29, 0.717) is 5.92 Å². The lowest BCUT2D eigenvalue weighted by molar-refractivity contribution is 0.222. The Morgan fingerprint density at radius 1 is 1.12 bits per heavy atom. The molecule has 4 rings (SSSR count). The van der Waals surface area contributed by atoms with Gasteiger partial charge in [-0.3, -0.25) is 4.98 Å². The molecular weight excluding hydrogens is 325 g/mol. The molecule has 4 heteroatoms. The number of benzene rings is 1. The number of halogens is 1. The summed E-state index contributed by atoms with van der Waals surface area (Å²) in [6.45, 7) is 5.62. The van der Waals surface area contributed by atoms with Crippen LogP contribution in [0.1, 0.15) is 31.2 Å². The molecule has 0 radical (unpaired) electrons. The number of aromatic amines is 1. The van der Waals surface area contributed by atoms with Crippen molar-refractivity contribution in [2.45, 2.75) is 25.7 Å². The molecule has 0 bridgehead atoms. The number of piperidine rings is 1. The van der Waals surface area contributed by atoms with Gasteiger partial charge in [0.05, 0.1) is 11.4 Å². The topological polar surface area (TPSA) is 31.9 Å². The maximum Gasteiger partial charge on any atom is 0.123 e. The van der Waals surface area contributed by atoms with Crippen LogP contribution in [0.15, 0.2) is 54.9 Å². The molecule has 1 aliphatic rings. The molecule has 1 aliphatic heterocycles. The van der Waals surface area contributed by atoms with Gasteiger partial charge in [0, 0.05) is 18.0 Å². The molecule has 0 unspecified atom stereocenters. The first-order chi connectivity index (χ1) is 12.8. The molecule has 1 aromatic carbocycles. The first-order valence-corrected chi connectivity index (χ1v) is 9.37. The van der Waals surface area contributed by atoms with E-state index in [0.717, 1.165) is 55.0 Å². The van der Waals surface area contributed by atoms with Crippen LogP contribution in [0.3, 0.4) is 0 Å². The molecule has 0 aliphatic carbocycles. The van der Waals surface area contributed by atoms with Crippen LogP contribution in [0.4, 0.5) is 4.39 Å². The molecule has 1 saturated heterocycles. The molecule has 3 aromatic rings. The largest absolute Gasteiger partial charge is 0.360 e. The van der Waals surface area contributed by atoms with Crippen molar-refractivity contribution < 1.29 is 4.39 Å². The van der Waals surface area contributed by atoms with E-state index in [1.807, 2.05) is 30.5 Å². The average molecular weight is 349 g/mol. The zero-order valence-corrected chi connectivity index (χ0v) is 15.1. The number of nitrogens with zero attached hydrogens (tertiary/aromatic N) is 2. The highest BCUT2D eigenvalue weighted by molar-refractivity contribution is 5.82. The van der Waals surface area contributed by atoms with Gasteiger partial charge in [-0.05, 0) is 85.9 Å². The summed E-state index contributed by atoms with van der Waals surface area (Å²) in [5.74, 6) is 0.312. The van der Waals surface area contributed by atoms with Crippen LogP contribution in [0, 0.1) is 5.82 Å². The van der Waals surface area contributed by atoms with Crippen molar-refractivity contribution in [3.8, 4) is 22.5 Å². The van der Waals surface area contributed by atoms with Gasteiger partial charge in [0.1, 0.15) is 5.82 Å². The second kappa shape index (κ2) is 7.42. The predicted octanol–water partition coefficient (Wildman–Crippen LogP) is 5.08. The summed E-state index contributed by atoms with van der Waals surface area (Å²) in [4.78, 5) is 10.6. The van der Waals surface area contributed by atoms with Gasteiger partial charge in [-0.15, -0.1) is 0 Å². The van der Waals surface area contributed by atoms with E-state index in [2.05, 4.69) is 34.1 Å². The van der Waals surface area contributed by atoms with E-state index in [9.17, 15) is 4.39 Å². The van der Waals surface area contributed by atoms with Crippen LogP contribution < -0.4 is 0 Å². The highest BCUT2D eigenvalue weighted by atomic mass is 19.1. The maximum atomic E-state index is 13.4. The summed E-state index contributed by atoms with van der Waals surface area (Å²) in [5.41, 5.74) is 5.48. The summed E-state index contributed by atoms with van der Waals surface area (Å²) < 4.78 is 13.4. The molecule has 26 heavy (non-hydrogen) atoms. The van der Waals surface area contributed by atoms with Crippen molar-refractivity contribution in [2.75, 3.05) is 19.6 Å². The Labute approximate surface area is 153 Å². The third-order valence-corrected chi connectivity index (χ3v) is 5.44. The normalized spacial score (nSPS) is 16.1. The van der Waals surface area contributed by atoms with Gasteiger partial charge in [-0.25, -0.2) is 4.39 Å². The van der Waals surface area contributed by atoms with Crippen LogP contribution >= 0.6 is 0 Å². The smallest absolute Gasteiger partial charge is 0.123 e. The van der Waals surface area contributed by atoms with Gasteiger partial charge in [-0.2, -0.15) is 0 Å². The number of pyridine rings is 1. The summed E-state index contributed by atoms with van der Waals surface area (Å²) in [6, 6.07) is 12.7. The minimum Gasteiger partial charge on any atom is -0.360 e. The quantitative estimate of drug-likeness (QED) is 0.712. The molecule has 2 aromatic heterocycles. The summed E-state index contributed by atoms with van der Waals surface area (Å²) >= 11 is 0. The minimum absolute atomic E-state index is 0.216. The second-order valence-corrected chi connectivity index (χ2v) is 6.92. The number of rotatable bonds is 4. The number of aromatic nitrogens is 2. The Morgan fingerprint density at radius 2 is 1.88 bits per heavy atom. The third-order valence-electron chi connectivity index (χ3n) is 5.44. The Hall–Kier alpha value is -2.46. The van der Waals surface area contributed by atoms with Crippen LogP contribution in [0.2, 0.25) is 0 Å². The monoisotopic (exact) mass is 349 g/mol. The van der Waals surface area contributed by atoms with Gasteiger partial charge in [0.25, 0.3) is 0 Å². The SMILES string of the molecule is CCN1CCC(c2c[nH]c(-c3ccc(F)cc3)c2-c2ccccn2)CC1. The Balaban J connectivity index is 1.76. The van der Waals surface area contributed by atoms with Crippen molar-refractivity contribution in [3.63, 3.8) is 0 Å². The molecule has 1 fully saturated rings.